The van der Waals surface area contributed by atoms with Crippen LogP contribution in [0.4, 0.5) is 17.1 Å². The van der Waals surface area contributed by atoms with E-state index in [2.05, 4.69) is 241 Å². The van der Waals surface area contributed by atoms with Crippen molar-refractivity contribution in [2.75, 3.05) is 4.90 Å². The summed E-state index contributed by atoms with van der Waals surface area (Å²) >= 11 is 0. The predicted molar refractivity (Wildman–Crippen MR) is 234 cm³/mol. The first-order chi connectivity index (χ1) is 27.3. The van der Waals surface area contributed by atoms with E-state index in [0.717, 1.165) is 22.6 Å². The van der Waals surface area contributed by atoms with E-state index in [1.54, 1.807) is 0 Å². The van der Waals surface area contributed by atoms with Gasteiger partial charge in [0.1, 0.15) is 0 Å². The third kappa shape index (κ3) is 7.00. The fourth-order valence-electron chi connectivity index (χ4n) is 7.59. The summed E-state index contributed by atoms with van der Waals surface area (Å²) in [6, 6.07) is 85.0. The predicted octanol–water partition coefficient (Wildman–Crippen LogP) is 15.2. The third-order valence-electron chi connectivity index (χ3n) is 10.3. The van der Waals surface area contributed by atoms with E-state index in [1.165, 1.54) is 61.2 Å². The summed E-state index contributed by atoms with van der Waals surface area (Å²) in [6.07, 6.45) is 0. The van der Waals surface area contributed by atoms with Crippen LogP contribution in [-0.2, 0) is 0 Å². The Hall–Kier alpha value is -7.22. The van der Waals surface area contributed by atoms with Crippen molar-refractivity contribution < 1.29 is 0 Å². The highest BCUT2D eigenvalue weighted by molar-refractivity contribution is 5.98. The molecule has 0 aliphatic heterocycles. The Morgan fingerprint density at radius 2 is 0.545 bits per heavy atom. The average molecular weight is 702 g/mol. The minimum Gasteiger partial charge on any atom is -0.310 e. The minimum absolute atomic E-state index is 1.09. The molecule has 0 atom stereocenters. The van der Waals surface area contributed by atoms with E-state index in [4.69, 9.17) is 0 Å². The van der Waals surface area contributed by atoms with E-state index < -0.39 is 0 Å². The lowest BCUT2D eigenvalue weighted by molar-refractivity contribution is 1.28. The van der Waals surface area contributed by atoms with Gasteiger partial charge in [0.2, 0.25) is 0 Å². The van der Waals surface area contributed by atoms with E-state index >= 15 is 0 Å². The molecule has 0 unspecified atom stereocenters. The molecule has 0 radical (unpaired) electrons. The summed E-state index contributed by atoms with van der Waals surface area (Å²) in [4.78, 5) is 2.40. The summed E-state index contributed by atoms with van der Waals surface area (Å²) in [6.45, 7) is 0. The lowest BCUT2D eigenvalue weighted by Crippen LogP contribution is -2.11. The zero-order valence-corrected chi connectivity index (χ0v) is 30.5. The van der Waals surface area contributed by atoms with Crippen molar-refractivity contribution in [3.05, 3.63) is 237 Å². The van der Waals surface area contributed by atoms with Crippen molar-refractivity contribution in [1.82, 2.24) is 0 Å². The molecule has 0 aromatic heterocycles. The number of nitrogens with zero attached hydrogens (tertiary/aromatic N) is 1. The molecule has 9 aromatic rings. The Labute approximate surface area is 324 Å². The maximum absolute atomic E-state index is 2.40. The van der Waals surface area contributed by atoms with Gasteiger partial charge >= 0.3 is 0 Å². The van der Waals surface area contributed by atoms with Crippen LogP contribution in [-0.4, -0.2) is 0 Å². The molecule has 0 bridgehead atoms. The van der Waals surface area contributed by atoms with Crippen molar-refractivity contribution in [3.63, 3.8) is 0 Å². The standard InChI is InChI=1S/C54H39N/c1-5-17-40(18-6-1)43-29-34-47(35-30-43)55(48-36-31-44(32-37-48)41-19-7-2-8-20-41)54-28-16-15-27-52(54)50-25-13-14-26-51(50)53-39-46(42-21-9-3-10-22-42)33-38-49(53)45-23-11-4-12-24-45/h1-39H. The van der Waals surface area contributed by atoms with Crippen molar-refractivity contribution in [3.8, 4) is 66.8 Å². The fourth-order valence-corrected chi connectivity index (χ4v) is 7.59. The lowest BCUT2D eigenvalue weighted by atomic mass is 9.87. The van der Waals surface area contributed by atoms with Gasteiger partial charge in [0, 0.05) is 16.9 Å². The van der Waals surface area contributed by atoms with Crippen LogP contribution in [0.1, 0.15) is 0 Å². The van der Waals surface area contributed by atoms with Gasteiger partial charge < -0.3 is 4.90 Å². The highest BCUT2D eigenvalue weighted by atomic mass is 15.1. The molecule has 9 rings (SSSR count). The van der Waals surface area contributed by atoms with E-state index in [9.17, 15) is 0 Å². The third-order valence-corrected chi connectivity index (χ3v) is 10.3. The molecule has 0 saturated heterocycles. The van der Waals surface area contributed by atoms with Gasteiger partial charge in [-0.1, -0.05) is 200 Å². The highest BCUT2D eigenvalue weighted by Crippen LogP contribution is 2.46. The number of anilines is 3. The van der Waals surface area contributed by atoms with Crippen molar-refractivity contribution in [2.24, 2.45) is 0 Å². The van der Waals surface area contributed by atoms with Crippen LogP contribution in [0.2, 0.25) is 0 Å². The van der Waals surface area contributed by atoms with Gasteiger partial charge in [0.15, 0.2) is 0 Å². The second kappa shape index (κ2) is 15.4. The molecule has 0 spiro atoms. The SMILES string of the molecule is c1ccc(-c2ccc(N(c3ccc(-c4ccccc4)cc3)c3ccccc3-c3ccccc3-c3cc(-c4ccccc4)ccc3-c3ccccc3)cc2)cc1. The molecule has 0 heterocycles. The van der Waals surface area contributed by atoms with Crippen molar-refractivity contribution >= 4 is 17.1 Å². The Kier molecular flexibility index (Phi) is 9.41. The van der Waals surface area contributed by atoms with Crippen LogP contribution in [0.5, 0.6) is 0 Å². The zero-order chi connectivity index (χ0) is 36.8. The summed E-state index contributed by atoms with van der Waals surface area (Å²) in [7, 11) is 0. The second-order valence-corrected chi connectivity index (χ2v) is 13.7. The minimum atomic E-state index is 1.09. The van der Waals surface area contributed by atoms with Crippen LogP contribution >= 0.6 is 0 Å². The topological polar surface area (TPSA) is 3.24 Å². The summed E-state index contributed by atoms with van der Waals surface area (Å²) < 4.78 is 0. The molecule has 1 nitrogen and oxygen atoms in total. The molecule has 0 aliphatic rings. The molecular weight excluding hydrogens is 663 g/mol. The second-order valence-electron chi connectivity index (χ2n) is 13.7. The van der Waals surface area contributed by atoms with Crippen LogP contribution in [0.3, 0.4) is 0 Å². The number of benzene rings is 9. The van der Waals surface area contributed by atoms with Crippen LogP contribution in [0.25, 0.3) is 66.8 Å². The zero-order valence-electron chi connectivity index (χ0n) is 30.5. The van der Waals surface area contributed by atoms with Gasteiger partial charge in [-0.2, -0.15) is 0 Å². The molecule has 0 amide bonds. The van der Waals surface area contributed by atoms with E-state index in [0.29, 0.717) is 0 Å². The maximum Gasteiger partial charge on any atom is 0.0540 e. The van der Waals surface area contributed by atoms with Crippen LogP contribution in [0, 0.1) is 0 Å². The van der Waals surface area contributed by atoms with E-state index in [-0.39, 0.29) is 0 Å². The quantitative estimate of drug-likeness (QED) is 0.145. The molecule has 0 saturated carbocycles. The Morgan fingerprint density at radius 1 is 0.200 bits per heavy atom. The first-order valence-corrected chi connectivity index (χ1v) is 18.8. The monoisotopic (exact) mass is 701 g/mol. The largest absolute Gasteiger partial charge is 0.310 e. The van der Waals surface area contributed by atoms with Gasteiger partial charge in [-0.25, -0.2) is 0 Å². The maximum atomic E-state index is 2.40. The Balaban J connectivity index is 1.22. The number of para-hydroxylation sites is 1. The Morgan fingerprint density at radius 3 is 1.04 bits per heavy atom. The number of rotatable bonds is 9. The first kappa shape index (κ1) is 33.6. The molecule has 260 valence electrons. The molecule has 9 aromatic carbocycles. The fraction of sp³-hybridized carbons (Fsp3) is 0. The summed E-state index contributed by atoms with van der Waals surface area (Å²) in [5.74, 6) is 0. The molecular formula is C54H39N. The van der Waals surface area contributed by atoms with Gasteiger partial charge in [-0.05, 0) is 97.6 Å². The molecule has 55 heavy (non-hydrogen) atoms. The Bertz CT molecular complexity index is 2560. The van der Waals surface area contributed by atoms with Crippen molar-refractivity contribution in [2.45, 2.75) is 0 Å². The lowest BCUT2D eigenvalue weighted by Gasteiger charge is -2.29. The summed E-state index contributed by atoms with van der Waals surface area (Å²) in [5, 5.41) is 0. The average Bonchev–Trinajstić information content (AvgIpc) is 3.28. The first-order valence-electron chi connectivity index (χ1n) is 18.8. The van der Waals surface area contributed by atoms with Gasteiger partial charge in [-0.3, -0.25) is 0 Å². The van der Waals surface area contributed by atoms with Crippen LogP contribution in [0.15, 0.2) is 237 Å². The number of hydrogen-bond donors (Lipinski definition) is 0. The normalized spacial score (nSPS) is 10.9. The van der Waals surface area contributed by atoms with Crippen molar-refractivity contribution in [1.29, 1.82) is 0 Å². The molecule has 0 fully saturated rings. The highest BCUT2D eigenvalue weighted by Gasteiger charge is 2.21. The van der Waals surface area contributed by atoms with E-state index in [1.807, 2.05) is 0 Å². The smallest absolute Gasteiger partial charge is 0.0540 e. The molecule has 0 aliphatic carbocycles. The molecule has 0 N–H and O–H groups in total. The molecule has 1 heteroatoms. The van der Waals surface area contributed by atoms with Crippen LogP contribution < -0.4 is 4.90 Å². The van der Waals surface area contributed by atoms with Gasteiger partial charge in [0.25, 0.3) is 0 Å². The van der Waals surface area contributed by atoms with Gasteiger partial charge in [0.05, 0.1) is 5.69 Å². The number of hydrogen-bond acceptors (Lipinski definition) is 1. The summed E-state index contributed by atoms with van der Waals surface area (Å²) in [5.41, 5.74) is 17.6. The van der Waals surface area contributed by atoms with Gasteiger partial charge in [-0.15, -0.1) is 0 Å².